The van der Waals surface area contributed by atoms with E-state index >= 15 is 0 Å². The third-order valence-electron chi connectivity index (χ3n) is 5.97. The summed E-state index contributed by atoms with van der Waals surface area (Å²) in [6.07, 6.45) is 4.13. The monoisotopic (exact) mass is 372 g/mol. The Morgan fingerprint density at radius 3 is 2.64 bits per heavy atom. The van der Waals surface area contributed by atoms with Gasteiger partial charge in [0.05, 0.1) is 0 Å². The third kappa shape index (κ3) is 2.17. The van der Waals surface area contributed by atoms with E-state index in [0.29, 0.717) is 24.4 Å². The molecule has 0 bridgehead atoms. The lowest BCUT2D eigenvalue weighted by Crippen LogP contribution is -2.43. The first-order valence-corrected chi connectivity index (χ1v) is 9.37. The number of carbonyl (C=O) groups is 2. The van der Waals surface area contributed by atoms with Gasteiger partial charge in [0.15, 0.2) is 0 Å². The standard InChI is InChI=1S/C22H20N4O2/c1-25-14-12-23-19(25)18-22(16-9-5-6-10-17(16)24-21(22)28)11-13-26(18)20(27)15-7-3-2-4-8-15/h2-10,12,14,18H,11,13H2,1H3,(H,24,28)/t18-,22+/m0/s1. The summed E-state index contributed by atoms with van der Waals surface area (Å²) < 4.78 is 1.90. The van der Waals surface area contributed by atoms with E-state index in [1.807, 2.05) is 72.4 Å². The van der Waals surface area contributed by atoms with Crippen LogP contribution < -0.4 is 5.32 Å². The molecule has 2 aliphatic heterocycles. The number of carbonyl (C=O) groups excluding carboxylic acids is 2. The maximum Gasteiger partial charge on any atom is 0.254 e. The van der Waals surface area contributed by atoms with E-state index in [0.717, 1.165) is 11.3 Å². The fraction of sp³-hybridized carbons (Fsp3) is 0.227. The Morgan fingerprint density at radius 2 is 1.89 bits per heavy atom. The first-order valence-electron chi connectivity index (χ1n) is 9.37. The molecule has 140 valence electrons. The van der Waals surface area contributed by atoms with Crippen LogP contribution in [0.1, 0.15) is 34.2 Å². The van der Waals surface area contributed by atoms with Gasteiger partial charge in [0.1, 0.15) is 17.3 Å². The van der Waals surface area contributed by atoms with E-state index in [4.69, 9.17) is 0 Å². The summed E-state index contributed by atoms with van der Waals surface area (Å²) in [4.78, 5) is 33.0. The second-order valence-corrected chi connectivity index (χ2v) is 7.38. The zero-order valence-corrected chi connectivity index (χ0v) is 15.5. The highest BCUT2D eigenvalue weighted by Crippen LogP contribution is 2.54. The molecule has 1 saturated heterocycles. The van der Waals surface area contributed by atoms with Crippen LogP contribution in [-0.2, 0) is 17.3 Å². The van der Waals surface area contributed by atoms with Crippen molar-refractivity contribution in [2.45, 2.75) is 17.9 Å². The summed E-state index contributed by atoms with van der Waals surface area (Å²) in [6.45, 7) is 0.493. The lowest BCUT2D eigenvalue weighted by atomic mass is 9.74. The SMILES string of the molecule is Cn1ccnc1[C@@H]1N(C(=O)c2ccccc2)CC[C@]12C(=O)Nc1ccccc12. The molecule has 0 unspecified atom stereocenters. The molecule has 1 spiro atoms. The van der Waals surface area contributed by atoms with Crippen molar-refractivity contribution in [3.05, 3.63) is 83.9 Å². The van der Waals surface area contributed by atoms with Crippen LogP contribution in [0.15, 0.2) is 67.0 Å². The highest BCUT2D eigenvalue weighted by molar-refractivity contribution is 6.08. The number of hydrogen-bond acceptors (Lipinski definition) is 3. The van der Waals surface area contributed by atoms with Crippen LogP contribution in [0.25, 0.3) is 0 Å². The molecule has 3 aromatic rings. The van der Waals surface area contributed by atoms with E-state index in [9.17, 15) is 9.59 Å². The van der Waals surface area contributed by atoms with Gasteiger partial charge in [-0.25, -0.2) is 4.98 Å². The summed E-state index contributed by atoms with van der Waals surface area (Å²) in [5.41, 5.74) is 1.54. The number of imidazole rings is 1. The van der Waals surface area contributed by atoms with Crippen molar-refractivity contribution in [3.63, 3.8) is 0 Å². The molecule has 1 fully saturated rings. The fourth-order valence-corrected chi connectivity index (χ4v) is 4.65. The molecule has 6 heteroatoms. The minimum absolute atomic E-state index is 0.0648. The number of likely N-dealkylation sites (tertiary alicyclic amines) is 1. The van der Waals surface area contributed by atoms with Crippen LogP contribution in [0, 0.1) is 0 Å². The van der Waals surface area contributed by atoms with Crippen LogP contribution in [0.2, 0.25) is 0 Å². The number of hydrogen-bond donors (Lipinski definition) is 1. The van der Waals surface area contributed by atoms with Crippen molar-refractivity contribution >= 4 is 17.5 Å². The van der Waals surface area contributed by atoms with E-state index < -0.39 is 11.5 Å². The number of aromatic nitrogens is 2. The molecular formula is C22H20N4O2. The average molecular weight is 372 g/mol. The second-order valence-electron chi connectivity index (χ2n) is 7.38. The Bertz CT molecular complexity index is 1070. The first-order chi connectivity index (χ1) is 13.6. The highest BCUT2D eigenvalue weighted by atomic mass is 16.2. The molecule has 1 aromatic heterocycles. The lowest BCUT2D eigenvalue weighted by molar-refractivity contribution is -0.121. The number of amides is 2. The quantitative estimate of drug-likeness (QED) is 0.752. The molecule has 2 aromatic carbocycles. The van der Waals surface area contributed by atoms with Crippen molar-refractivity contribution in [1.82, 2.24) is 14.5 Å². The second kappa shape index (κ2) is 6.05. The molecule has 0 saturated carbocycles. The van der Waals surface area contributed by atoms with Gasteiger partial charge < -0.3 is 14.8 Å². The summed E-state index contributed by atoms with van der Waals surface area (Å²) in [7, 11) is 1.90. The number of anilines is 1. The van der Waals surface area contributed by atoms with Gasteiger partial charge in [-0.05, 0) is 30.2 Å². The Kier molecular flexibility index (Phi) is 3.62. The number of para-hydroxylation sites is 1. The zero-order valence-electron chi connectivity index (χ0n) is 15.5. The number of fused-ring (bicyclic) bond motifs is 2. The first kappa shape index (κ1) is 16.7. The summed E-state index contributed by atoms with van der Waals surface area (Å²) in [5.74, 6) is 0.571. The highest BCUT2D eigenvalue weighted by Gasteiger charge is 2.60. The maximum absolute atomic E-state index is 13.4. The van der Waals surface area contributed by atoms with Crippen LogP contribution >= 0.6 is 0 Å². The molecule has 6 nitrogen and oxygen atoms in total. The summed E-state index contributed by atoms with van der Waals surface area (Å²) >= 11 is 0. The molecular weight excluding hydrogens is 352 g/mol. The molecule has 2 aliphatic rings. The van der Waals surface area contributed by atoms with Crippen molar-refractivity contribution in [3.8, 4) is 0 Å². The van der Waals surface area contributed by atoms with E-state index in [1.54, 1.807) is 11.1 Å². The topological polar surface area (TPSA) is 67.2 Å². The van der Waals surface area contributed by atoms with Crippen molar-refractivity contribution in [2.75, 3.05) is 11.9 Å². The van der Waals surface area contributed by atoms with Crippen LogP contribution in [0.5, 0.6) is 0 Å². The minimum Gasteiger partial charge on any atom is -0.336 e. The van der Waals surface area contributed by atoms with Crippen LogP contribution in [-0.4, -0.2) is 32.8 Å². The molecule has 0 radical (unpaired) electrons. The predicted molar refractivity (Wildman–Crippen MR) is 105 cm³/mol. The van der Waals surface area contributed by atoms with E-state index in [-0.39, 0.29) is 11.8 Å². The normalized spacial score (nSPS) is 23.1. The number of aryl methyl sites for hydroxylation is 1. The molecule has 1 N–H and O–H groups in total. The van der Waals surface area contributed by atoms with Gasteiger partial charge >= 0.3 is 0 Å². The number of rotatable bonds is 2. The molecule has 28 heavy (non-hydrogen) atoms. The molecule has 0 aliphatic carbocycles. The zero-order chi connectivity index (χ0) is 19.3. The van der Waals surface area contributed by atoms with E-state index in [2.05, 4.69) is 10.3 Å². The number of nitrogens with zero attached hydrogens (tertiary/aromatic N) is 3. The molecule has 2 atom stereocenters. The summed E-state index contributed by atoms with van der Waals surface area (Å²) in [5, 5.41) is 3.03. The van der Waals surface area contributed by atoms with Gasteiger partial charge in [0.2, 0.25) is 5.91 Å². The smallest absolute Gasteiger partial charge is 0.254 e. The average Bonchev–Trinajstić information content (AvgIpc) is 3.39. The molecule has 2 amide bonds. The number of benzene rings is 2. The number of nitrogens with one attached hydrogen (secondary N) is 1. The van der Waals surface area contributed by atoms with Crippen LogP contribution in [0.3, 0.4) is 0 Å². The van der Waals surface area contributed by atoms with Crippen LogP contribution in [0.4, 0.5) is 5.69 Å². The van der Waals surface area contributed by atoms with Gasteiger partial charge in [-0.1, -0.05) is 36.4 Å². The minimum atomic E-state index is -0.833. The van der Waals surface area contributed by atoms with Crippen molar-refractivity contribution < 1.29 is 9.59 Å². The largest absolute Gasteiger partial charge is 0.336 e. The van der Waals surface area contributed by atoms with Crippen molar-refractivity contribution in [1.29, 1.82) is 0 Å². The van der Waals surface area contributed by atoms with Crippen molar-refractivity contribution in [2.24, 2.45) is 7.05 Å². The van der Waals surface area contributed by atoms with Gasteiger partial charge in [-0.2, -0.15) is 0 Å². The fourth-order valence-electron chi connectivity index (χ4n) is 4.65. The molecule has 3 heterocycles. The lowest BCUT2D eigenvalue weighted by Gasteiger charge is -2.33. The summed E-state index contributed by atoms with van der Waals surface area (Å²) in [6, 6.07) is 16.5. The van der Waals surface area contributed by atoms with Gasteiger partial charge in [0, 0.05) is 37.2 Å². The van der Waals surface area contributed by atoms with Gasteiger partial charge in [-0.3, -0.25) is 9.59 Å². The Morgan fingerprint density at radius 1 is 1.14 bits per heavy atom. The Labute approximate surface area is 162 Å². The maximum atomic E-state index is 13.4. The Balaban J connectivity index is 1.69. The molecule has 5 rings (SSSR count). The predicted octanol–water partition coefficient (Wildman–Crippen LogP) is 2.90. The van der Waals surface area contributed by atoms with E-state index in [1.165, 1.54) is 0 Å². The third-order valence-corrected chi connectivity index (χ3v) is 5.97. The Hall–Kier alpha value is -3.41. The van der Waals surface area contributed by atoms with Gasteiger partial charge in [0.25, 0.3) is 5.91 Å². The van der Waals surface area contributed by atoms with Gasteiger partial charge in [-0.15, -0.1) is 0 Å².